The third-order valence-electron chi connectivity index (χ3n) is 0.950. The average molecular weight is 173 g/mol. The maximum atomic E-state index is 10.7. The first kappa shape index (κ1) is 10.5. The Bertz CT molecular complexity index is 200. The van der Waals surface area contributed by atoms with Crippen molar-refractivity contribution in [2.45, 2.75) is 6.92 Å². The summed E-state index contributed by atoms with van der Waals surface area (Å²) >= 11 is 0. The number of carbonyl (C=O) groups is 2. The molecule has 0 rings (SSSR count). The largest absolute Gasteiger partial charge is 0.463 e. The lowest BCUT2D eigenvalue weighted by atomic mass is 10.6. The van der Waals surface area contributed by atoms with Gasteiger partial charge in [-0.1, -0.05) is 0 Å². The molecule has 12 heavy (non-hydrogen) atoms. The Kier molecular flexibility index (Phi) is 4.52. The maximum Gasteiger partial charge on any atom is 0.412 e. The predicted molar refractivity (Wildman–Crippen MR) is 41.3 cm³/mol. The zero-order valence-corrected chi connectivity index (χ0v) is 7.05. The molecule has 0 aromatic carbocycles. The number of ether oxygens (including phenoxy) is 2. The number of esters is 1. The minimum absolute atomic E-state index is 0.330. The molecule has 0 heterocycles. The molecular formula is C7H11NO4. The molecule has 5 nitrogen and oxygen atoms in total. The van der Waals surface area contributed by atoms with Crippen LogP contribution < -0.4 is 5.32 Å². The number of nitrogens with one attached hydrogen (secondary N) is 1. The average Bonchev–Trinajstić information content (AvgIpc) is 2.03. The zero-order valence-electron chi connectivity index (χ0n) is 7.05. The molecule has 0 saturated heterocycles. The highest BCUT2D eigenvalue weighted by molar-refractivity contribution is 5.88. The highest BCUT2D eigenvalue weighted by atomic mass is 16.6. The summed E-state index contributed by atoms with van der Waals surface area (Å²) in [4.78, 5) is 21.3. The second-order valence-electron chi connectivity index (χ2n) is 1.83. The minimum atomic E-state index is -0.763. The van der Waals surface area contributed by atoms with Gasteiger partial charge in [-0.2, -0.15) is 0 Å². The Morgan fingerprint density at radius 2 is 2.08 bits per heavy atom. The van der Waals surface area contributed by atoms with E-state index in [-0.39, 0.29) is 5.76 Å². The SMILES string of the molecule is C=C(OC(=O)NCC)C(=O)OC. The van der Waals surface area contributed by atoms with Crippen LogP contribution >= 0.6 is 0 Å². The van der Waals surface area contributed by atoms with Crippen molar-refractivity contribution in [1.82, 2.24) is 5.32 Å². The van der Waals surface area contributed by atoms with E-state index in [2.05, 4.69) is 21.4 Å². The third kappa shape index (κ3) is 3.60. The lowest BCUT2D eigenvalue weighted by Crippen LogP contribution is -2.25. The van der Waals surface area contributed by atoms with Crippen molar-refractivity contribution < 1.29 is 19.1 Å². The van der Waals surface area contributed by atoms with Gasteiger partial charge < -0.3 is 14.8 Å². The van der Waals surface area contributed by atoms with Crippen molar-refractivity contribution in [2.75, 3.05) is 13.7 Å². The topological polar surface area (TPSA) is 64.6 Å². The second kappa shape index (κ2) is 5.17. The van der Waals surface area contributed by atoms with E-state index in [0.717, 1.165) is 0 Å². The standard InChI is InChI=1S/C7H11NO4/c1-4-8-7(10)12-5(2)6(9)11-3/h2,4H2,1,3H3,(H,8,10). The van der Waals surface area contributed by atoms with Crippen molar-refractivity contribution >= 4 is 12.1 Å². The summed E-state index contributed by atoms with van der Waals surface area (Å²) in [5.41, 5.74) is 0. The van der Waals surface area contributed by atoms with E-state index in [9.17, 15) is 9.59 Å². The number of alkyl carbamates (subject to hydrolysis) is 1. The van der Waals surface area contributed by atoms with Gasteiger partial charge in [-0.3, -0.25) is 0 Å². The zero-order chi connectivity index (χ0) is 9.56. The Morgan fingerprint density at radius 1 is 1.50 bits per heavy atom. The van der Waals surface area contributed by atoms with Gasteiger partial charge in [0.25, 0.3) is 0 Å². The molecule has 0 atom stereocenters. The van der Waals surface area contributed by atoms with Gasteiger partial charge in [-0.25, -0.2) is 9.59 Å². The molecule has 68 valence electrons. The fourth-order valence-electron chi connectivity index (χ4n) is 0.448. The van der Waals surface area contributed by atoms with Crippen LogP contribution in [0.15, 0.2) is 12.3 Å². The summed E-state index contributed by atoms with van der Waals surface area (Å²) in [6.45, 7) is 5.34. The normalized spacial score (nSPS) is 8.50. The molecule has 1 N–H and O–H groups in total. The molecule has 0 spiro atoms. The first-order chi connectivity index (χ1) is 5.61. The Labute approximate surface area is 70.3 Å². The van der Waals surface area contributed by atoms with E-state index < -0.39 is 12.1 Å². The summed E-state index contributed by atoms with van der Waals surface area (Å²) in [7, 11) is 1.18. The van der Waals surface area contributed by atoms with Crippen LogP contribution in [0.2, 0.25) is 0 Å². The Morgan fingerprint density at radius 3 is 2.50 bits per heavy atom. The van der Waals surface area contributed by atoms with Crippen LogP contribution in [0.4, 0.5) is 4.79 Å². The summed E-state index contributed by atoms with van der Waals surface area (Å²) in [6.07, 6.45) is -0.715. The molecule has 0 aromatic rings. The Hall–Kier alpha value is -1.52. The maximum absolute atomic E-state index is 10.7. The fraction of sp³-hybridized carbons (Fsp3) is 0.429. The predicted octanol–water partition coefficient (Wildman–Crippen LogP) is 0.419. The lowest BCUT2D eigenvalue weighted by Gasteiger charge is -2.04. The number of rotatable bonds is 3. The van der Waals surface area contributed by atoms with Gasteiger partial charge in [0.2, 0.25) is 5.76 Å². The van der Waals surface area contributed by atoms with Crippen molar-refractivity contribution in [3.8, 4) is 0 Å². The first-order valence-corrected chi connectivity index (χ1v) is 3.34. The van der Waals surface area contributed by atoms with Crippen molar-refractivity contribution in [1.29, 1.82) is 0 Å². The van der Waals surface area contributed by atoms with E-state index >= 15 is 0 Å². The monoisotopic (exact) mass is 173 g/mol. The highest BCUT2D eigenvalue weighted by Crippen LogP contribution is 1.95. The molecule has 0 radical (unpaired) electrons. The summed E-state index contributed by atoms with van der Waals surface area (Å²) < 4.78 is 8.67. The molecule has 0 bridgehead atoms. The first-order valence-electron chi connectivity index (χ1n) is 3.34. The van der Waals surface area contributed by atoms with Crippen LogP contribution in [-0.2, 0) is 14.3 Å². The quantitative estimate of drug-likeness (QED) is 0.381. The van der Waals surface area contributed by atoms with E-state index in [1.54, 1.807) is 6.92 Å². The molecule has 5 heteroatoms. The number of methoxy groups -OCH3 is 1. The van der Waals surface area contributed by atoms with Crippen LogP contribution in [0.3, 0.4) is 0 Å². The molecule has 0 aromatic heterocycles. The van der Waals surface area contributed by atoms with E-state index in [1.807, 2.05) is 0 Å². The molecule has 0 saturated carbocycles. The van der Waals surface area contributed by atoms with Gasteiger partial charge in [0.05, 0.1) is 7.11 Å². The fourth-order valence-corrected chi connectivity index (χ4v) is 0.448. The molecular weight excluding hydrogens is 162 g/mol. The number of carbonyl (C=O) groups excluding carboxylic acids is 2. The van der Waals surface area contributed by atoms with Crippen LogP contribution in [-0.4, -0.2) is 25.7 Å². The van der Waals surface area contributed by atoms with Gasteiger partial charge in [-0.15, -0.1) is 0 Å². The third-order valence-corrected chi connectivity index (χ3v) is 0.950. The highest BCUT2D eigenvalue weighted by Gasteiger charge is 2.11. The summed E-state index contributed by atoms with van der Waals surface area (Å²) in [6, 6.07) is 0. The molecule has 0 aliphatic carbocycles. The van der Waals surface area contributed by atoms with E-state index in [1.165, 1.54) is 7.11 Å². The van der Waals surface area contributed by atoms with E-state index in [4.69, 9.17) is 0 Å². The molecule has 0 aliphatic rings. The summed E-state index contributed by atoms with van der Waals surface area (Å²) in [5, 5.41) is 2.33. The molecule has 0 aliphatic heterocycles. The molecule has 0 fully saturated rings. The van der Waals surface area contributed by atoms with Crippen molar-refractivity contribution in [3.63, 3.8) is 0 Å². The molecule has 0 unspecified atom stereocenters. The minimum Gasteiger partial charge on any atom is -0.463 e. The second-order valence-corrected chi connectivity index (χ2v) is 1.83. The lowest BCUT2D eigenvalue weighted by molar-refractivity contribution is -0.139. The van der Waals surface area contributed by atoms with Gasteiger partial charge in [-0.05, 0) is 13.5 Å². The van der Waals surface area contributed by atoms with Crippen LogP contribution in [0, 0.1) is 0 Å². The molecule has 1 amide bonds. The van der Waals surface area contributed by atoms with Crippen molar-refractivity contribution in [3.05, 3.63) is 12.3 Å². The summed E-state index contributed by atoms with van der Waals surface area (Å²) in [5.74, 6) is -1.09. The number of hydrogen-bond donors (Lipinski definition) is 1. The van der Waals surface area contributed by atoms with Gasteiger partial charge in [0, 0.05) is 6.54 Å². The van der Waals surface area contributed by atoms with Crippen LogP contribution in [0.25, 0.3) is 0 Å². The van der Waals surface area contributed by atoms with Crippen LogP contribution in [0.5, 0.6) is 0 Å². The number of hydrogen-bond acceptors (Lipinski definition) is 4. The smallest absolute Gasteiger partial charge is 0.412 e. The van der Waals surface area contributed by atoms with Gasteiger partial charge in [0.15, 0.2) is 0 Å². The van der Waals surface area contributed by atoms with Gasteiger partial charge >= 0.3 is 12.1 Å². The number of amides is 1. The Balaban J connectivity index is 3.84. The van der Waals surface area contributed by atoms with Crippen LogP contribution in [0.1, 0.15) is 6.92 Å². The van der Waals surface area contributed by atoms with E-state index in [0.29, 0.717) is 6.54 Å². The van der Waals surface area contributed by atoms with Gasteiger partial charge in [0.1, 0.15) is 0 Å². The van der Waals surface area contributed by atoms with Crippen molar-refractivity contribution in [2.24, 2.45) is 0 Å².